The van der Waals surface area contributed by atoms with Crippen LogP contribution < -0.4 is 10.6 Å². The third-order valence-corrected chi connectivity index (χ3v) is 6.20. The van der Waals surface area contributed by atoms with Gasteiger partial charge >= 0.3 is 0 Å². The predicted molar refractivity (Wildman–Crippen MR) is 88.8 cm³/mol. The number of benzene rings is 2. The topological polar surface area (TPSA) is 0 Å². The van der Waals surface area contributed by atoms with Crippen molar-refractivity contribution < 1.29 is 0 Å². The summed E-state index contributed by atoms with van der Waals surface area (Å²) in [5, 5.41) is 4.31. The molecule has 19 heavy (non-hydrogen) atoms. The number of rotatable bonds is 2. The second-order valence-electron chi connectivity index (χ2n) is 5.47. The lowest BCUT2D eigenvalue weighted by molar-refractivity contribution is 0.793. The van der Waals surface area contributed by atoms with Crippen molar-refractivity contribution in [2.24, 2.45) is 0 Å². The number of hydrogen-bond donors (Lipinski definition) is 0. The highest BCUT2D eigenvalue weighted by atomic mass is 35.5. The summed E-state index contributed by atoms with van der Waals surface area (Å²) in [7, 11) is -0.493. The van der Waals surface area contributed by atoms with Crippen LogP contribution in [0, 0.1) is 0 Å². The predicted octanol–water partition coefficient (Wildman–Crippen LogP) is 5.22. The highest BCUT2D eigenvalue weighted by molar-refractivity contribution is 7.74. The first-order valence-electron chi connectivity index (χ1n) is 6.19. The van der Waals surface area contributed by atoms with Crippen molar-refractivity contribution in [2.75, 3.05) is 0 Å². The van der Waals surface area contributed by atoms with E-state index in [0.717, 1.165) is 10.0 Å². The molecule has 0 aliphatic rings. The second-order valence-corrected chi connectivity index (χ2v) is 9.38. The van der Waals surface area contributed by atoms with Crippen LogP contribution in [-0.4, -0.2) is 5.16 Å². The van der Waals surface area contributed by atoms with Crippen LogP contribution in [0.4, 0.5) is 0 Å². The van der Waals surface area contributed by atoms with Crippen molar-refractivity contribution in [1.82, 2.24) is 0 Å². The molecular formula is C16H17Cl2P. The highest BCUT2D eigenvalue weighted by Crippen LogP contribution is 2.47. The molecule has 0 aliphatic carbocycles. The van der Waals surface area contributed by atoms with Crippen molar-refractivity contribution in [3.63, 3.8) is 0 Å². The van der Waals surface area contributed by atoms with Gasteiger partial charge in [-0.1, -0.05) is 68.2 Å². The maximum Gasteiger partial charge on any atom is 0.0412 e. The van der Waals surface area contributed by atoms with Gasteiger partial charge in [0.05, 0.1) is 0 Å². The Morgan fingerprint density at radius 1 is 0.789 bits per heavy atom. The average Bonchev–Trinajstić information content (AvgIpc) is 2.27. The van der Waals surface area contributed by atoms with Crippen molar-refractivity contribution >= 4 is 41.7 Å². The lowest BCUT2D eigenvalue weighted by atomic mass is 10.3. The summed E-state index contributed by atoms with van der Waals surface area (Å²) < 4.78 is 0. The number of halogens is 2. The molecule has 3 heteroatoms. The van der Waals surface area contributed by atoms with Gasteiger partial charge in [-0.25, -0.2) is 0 Å². The highest BCUT2D eigenvalue weighted by Gasteiger charge is 2.27. The average molecular weight is 311 g/mol. The van der Waals surface area contributed by atoms with Crippen LogP contribution in [0.2, 0.25) is 10.0 Å². The van der Waals surface area contributed by atoms with Crippen LogP contribution in [0.15, 0.2) is 48.5 Å². The number of hydrogen-bond acceptors (Lipinski definition) is 0. The minimum absolute atomic E-state index is 0.157. The van der Waals surface area contributed by atoms with E-state index in [1.54, 1.807) is 0 Å². The standard InChI is InChI=1S/C16H17Cl2P/c1-16(2,3)19(14-8-4-6-12(17)10-14)15-9-5-7-13(18)11-15/h4-11H,1-3H3. The molecule has 0 amide bonds. The molecule has 0 unspecified atom stereocenters. The minimum Gasteiger partial charge on any atom is -0.0843 e. The van der Waals surface area contributed by atoms with Gasteiger partial charge in [-0.2, -0.15) is 0 Å². The minimum atomic E-state index is -0.493. The quantitative estimate of drug-likeness (QED) is 0.667. The molecule has 100 valence electrons. The molecule has 0 aromatic heterocycles. The van der Waals surface area contributed by atoms with E-state index in [-0.39, 0.29) is 5.16 Å². The normalized spacial score (nSPS) is 11.9. The fraction of sp³-hybridized carbons (Fsp3) is 0.250. The molecule has 2 rings (SSSR count). The van der Waals surface area contributed by atoms with Crippen LogP contribution in [0.3, 0.4) is 0 Å². The van der Waals surface area contributed by atoms with Crippen molar-refractivity contribution in [3.8, 4) is 0 Å². The Bertz CT molecular complexity index is 527. The summed E-state index contributed by atoms with van der Waals surface area (Å²) in [6.07, 6.45) is 0. The zero-order valence-electron chi connectivity index (χ0n) is 11.3. The molecule has 2 aromatic rings. The van der Waals surface area contributed by atoms with E-state index in [2.05, 4.69) is 45.0 Å². The van der Waals surface area contributed by atoms with Gasteiger partial charge in [0.1, 0.15) is 0 Å². The molecular weight excluding hydrogens is 294 g/mol. The van der Waals surface area contributed by atoms with Gasteiger partial charge in [-0.15, -0.1) is 0 Å². The molecule has 0 saturated carbocycles. The molecule has 2 aromatic carbocycles. The fourth-order valence-electron chi connectivity index (χ4n) is 2.15. The van der Waals surface area contributed by atoms with Gasteiger partial charge in [-0.3, -0.25) is 0 Å². The van der Waals surface area contributed by atoms with E-state index in [1.165, 1.54) is 10.6 Å². The largest absolute Gasteiger partial charge is 0.0843 e. The van der Waals surface area contributed by atoms with Crippen LogP contribution in [0.25, 0.3) is 0 Å². The van der Waals surface area contributed by atoms with Gasteiger partial charge in [0, 0.05) is 10.0 Å². The Hall–Kier alpha value is -0.550. The molecule has 0 radical (unpaired) electrons. The molecule has 0 saturated heterocycles. The van der Waals surface area contributed by atoms with Gasteiger partial charge in [0.25, 0.3) is 0 Å². The van der Waals surface area contributed by atoms with Crippen molar-refractivity contribution in [2.45, 2.75) is 25.9 Å². The van der Waals surface area contributed by atoms with Gasteiger partial charge in [-0.05, 0) is 48.0 Å². The van der Waals surface area contributed by atoms with Crippen molar-refractivity contribution in [3.05, 3.63) is 58.6 Å². The first-order valence-corrected chi connectivity index (χ1v) is 8.29. The van der Waals surface area contributed by atoms with E-state index in [0.29, 0.717) is 0 Å². The monoisotopic (exact) mass is 310 g/mol. The van der Waals surface area contributed by atoms with Crippen LogP contribution >= 0.6 is 31.1 Å². The molecule has 0 atom stereocenters. The summed E-state index contributed by atoms with van der Waals surface area (Å²) in [4.78, 5) is 0. The van der Waals surface area contributed by atoms with E-state index in [4.69, 9.17) is 23.2 Å². The first-order chi connectivity index (χ1) is 8.88. The van der Waals surface area contributed by atoms with Gasteiger partial charge < -0.3 is 0 Å². The smallest absolute Gasteiger partial charge is 0.0412 e. The maximum atomic E-state index is 6.14. The molecule has 0 N–H and O–H groups in total. The Kier molecular flexibility index (Phi) is 4.56. The Balaban J connectivity index is 2.54. The summed E-state index contributed by atoms with van der Waals surface area (Å²) in [6, 6.07) is 16.3. The van der Waals surface area contributed by atoms with Crippen molar-refractivity contribution in [1.29, 1.82) is 0 Å². The Morgan fingerprint density at radius 3 is 1.53 bits per heavy atom. The van der Waals surface area contributed by atoms with Gasteiger partial charge in [0.2, 0.25) is 0 Å². The maximum absolute atomic E-state index is 6.14. The van der Waals surface area contributed by atoms with E-state index in [9.17, 15) is 0 Å². The third-order valence-electron chi connectivity index (χ3n) is 2.80. The van der Waals surface area contributed by atoms with Gasteiger partial charge in [0.15, 0.2) is 0 Å². The lowest BCUT2D eigenvalue weighted by Gasteiger charge is -2.32. The van der Waals surface area contributed by atoms with Crippen LogP contribution in [0.5, 0.6) is 0 Å². The Morgan fingerprint density at radius 2 is 1.21 bits per heavy atom. The fourth-order valence-corrected chi connectivity index (χ4v) is 5.54. The summed E-state index contributed by atoms with van der Waals surface area (Å²) in [5.41, 5.74) is 0. The lowest BCUT2D eigenvalue weighted by Crippen LogP contribution is -2.26. The summed E-state index contributed by atoms with van der Waals surface area (Å²) in [5.74, 6) is 0. The third kappa shape index (κ3) is 3.72. The molecule has 0 heterocycles. The zero-order chi connectivity index (χ0) is 14.0. The van der Waals surface area contributed by atoms with Crippen LogP contribution in [-0.2, 0) is 0 Å². The van der Waals surface area contributed by atoms with Crippen LogP contribution in [0.1, 0.15) is 20.8 Å². The first kappa shape index (κ1) is 14.9. The van der Waals surface area contributed by atoms with E-state index >= 15 is 0 Å². The second kappa shape index (κ2) is 5.83. The molecule has 0 spiro atoms. The SMILES string of the molecule is CC(C)(C)P(c1cccc(Cl)c1)c1cccc(Cl)c1. The molecule has 0 nitrogen and oxygen atoms in total. The molecule has 0 bridgehead atoms. The van der Waals surface area contributed by atoms with E-state index in [1.807, 2.05) is 24.3 Å². The zero-order valence-corrected chi connectivity index (χ0v) is 13.7. The van der Waals surface area contributed by atoms with E-state index < -0.39 is 7.92 Å². The summed E-state index contributed by atoms with van der Waals surface area (Å²) in [6.45, 7) is 6.79. The molecule has 0 fully saturated rings. The summed E-state index contributed by atoms with van der Waals surface area (Å²) >= 11 is 12.3. The molecule has 0 aliphatic heterocycles. The Labute approximate surface area is 126 Å².